The number of nitrogens with two attached hydrogens (primary N) is 1. The number of aromatic nitrogens is 2. The van der Waals surface area contributed by atoms with Gasteiger partial charge in [-0.2, -0.15) is 0 Å². The van der Waals surface area contributed by atoms with Gasteiger partial charge in [0.25, 0.3) is 0 Å². The fraction of sp³-hybridized carbons (Fsp3) is 0.371. The summed E-state index contributed by atoms with van der Waals surface area (Å²) < 4.78 is 31.3. The van der Waals surface area contributed by atoms with E-state index in [0.717, 1.165) is 12.8 Å². The number of ether oxygens (including phenoxy) is 3. The van der Waals surface area contributed by atoms with E-state index in [0.29, 0.717) is 50.7 Å². The third-order valence-electron chi connectivity index (χ3n) is 8.47. The van der Waals surface area contributed by atoms with Crippen LogP contribution < -0.4 is 19.9 Å². The average molecular weight is 630 g/mol. The number of hydrogen-bond donors (Lipinski definition) is 3. The number of carbonyl (C=O) groups excluding carboxylic acids is 2. The predicted molar refractivity (Wildman–Crippen MR) is 167 cm³/mol. The SMILES string of the molecule is C[C@@H](O)COc1ccc2cc(C(=O)CC[C@](C)(O)c3cc4c(c(-c5ccc(F)cc5)n3)OC[C@]4(C)C(N)=O)cc(OC3CC3)c2n1. The molecule has 10 nitrogen and oxygen atoms in total. The van der Waals surface area contributed by atoms with Gasteiger partial charge in [0.15, 0.2) is 5.78 Å². The summed E-state index contributed by atoms with van der Waals surface area (Å²) in [5.74, 6) is -0.0972. The number of aliphatic hydroxyl groups excluding tert-OH is 1. The average Bonchev–Trinajstić information content (AvgIpc) is 3.78. The first-order valence-electron chi connectivity index (χ1n) is 15.3. The molecule has 1 amide bonds. The number of Topliss-reactive ketones (excluding diaryl/α,β-unsaturated/α-hetero) is 1. The van der Waals surface area contributed by atoms with Crippen molar-refractivity contribution < 1.29 is 38.4 Å². The molecule has 1 saturated carbocycles. The lowest BCUT2D eigenvalue weighted by molar-refractivity contribution is -0.123. The van der Waals surface area contributed by atoms with Crippen molar-refractivity contribution in [3.05, 3.63) is 77.2 Å². The van der Waals surface area contributed by atoms with Crippen LogP contribution in [0, 0.1) is 5.82 Å². The lowest BCUT2D eigenvalue weighted by Gasteiger charge is -2.26. The maximum Gasteiger partial charge on any atom is 0.231 e. The number of amides is 1. The van der Waals surface area contributed by atoms with Crippen LogP contribution in [0.25, 0.3) is 22.2 Å². The second-order valence-electron chi connectivity index (χ2n) is 12.6. The maximum atomic E-state index is 13.7. The number of aliphatic hydroxyl groups is 2. The van der Waals surface area contributed by atoms with Crippen LogP contribution in [0.15, 0.2) is 54.6 Å². The van der Waals surface area contributed by atoms with Crippen LogP contribution >= 0.6 is 0 Å². The monoisotopic (exact) mass is 629 g/mol. The largest absolute Gasteiger partial charge is 0.489 e. The minimum atomic E-state index is -1.59. The molecule has 0 unspecified atom stereocenters. The molecule has 0 bridgehead atoms. The molecular weight excluding hydrogens is 593 g/mol. The van der Waals surface area contributed by atoms with Gasteiger partial charge in [0.05, 0.1) is 17.9 Å². The third-order valence-corrected chi connectivity index (χ3v) is 8.47. The van der Waals surface area contributed by atoms with Crippen LogP contribution in [0.5, 0.6) is 17.4 Å². The number of fused-ring (bicyclic) bond motifs is 2. The van der Waals surface area contributed by atoms with Gasteiger partial charge < -0.3 is 30.2 Å². The quantitative estimate of drug-likeness (QED) is 0.189. The molecule has 1 fully saturated rings. The Morgan fingerprint density at radius 3 is 2.57 bits per heavy atom. The lowest BCUT2D eigenvalue weighted by Crippen LogP contribution is -2.40. The molecule has 0 saturated heterocycles. The smallest absolute Gasteiger partial charge is 0.231 e. The van der Waals surface area contributed by atoms with Gasteiger partial charge in [0.1, 0.15) is 52.8 Å². The highest BCUT2D eigenvalue weighted by Crippen LogP contribution is 2.46. The highest BCUT2D eigenvalue weighted by atomic mass is 19.1. The van der Waals surface area contributed by atoms with E-state index < -0.39 is 28.8 Å². The molecular formula is C35H36FN3O7. The number of pyridine rings is 2. The van der Waals surface area contributed by atoms with Gasteiger partial charge in [-0.15, -0.1) is 0 Å². The number of ketones is 1. The second-order valence-corrected chi connectivity index (χ2v) is 12.6. The second kappa shape index (κ2) is 12.0. The number of primary amides is 1. The maximum absolute atomic E-state index is 13.7. The van der Waals surface area contributed by atoms with Crippen LogP contribution in [0.1, 0.15) is 68.1 Å². The first-order valence-corrected chi connectivity index (χ1v) is 15.3. The van der Waals surface area contributed by atoms with E-state index in [9.17, 15) is 24.2 Å². The fourth-order valence-corrected chi connectivity index (χ4v) is 5.38. The van der Waals surface area contributed by atoms with Crippen molar-refractivity contribution >= 4 is 22.6 Å². The number of nitrogens with zero attached hydrogens (tertiary/aromatic N) is 2. The Morgan fingerprint density at radius 2 is 1.89 bits per heavy atom. The number of rotatable bonds is 12. The van der Waals surface area contributed by atoms with Gasteiger partial charge in [0, 0.05) is 34.6 Å². The molecule has 4 aromatic rings. The number of halogens is 1. The van der Waals surface area contributed by atoms with Crippen molar-refractivity contribution in [1.29, 1.82) is 0 Å². The first-order chi connectivity index (χ1) is 21.8. The van der Waals surface area contributed by atoms with Crippen molar-refractivity contribution in [2.75, 3.05) is 13.2 Å². The lowest BCUT2D eigenvalue weighted by atomic mass is 9.81. The van der Waals surface area contributed by atoms with E-state index in [1.807, 2.05) is 0 Å². The van der Waals surface area contributed by atoms with Crippen LogP contribution in [0.3, 0.4) is 0 Å². The third kappa shape index (κ3) is 6.25. The Bertz CT molecular complexity index is 1820. The Balaban J connectivity index is 1.29. The summed E-state index contributed by atoms with van der Waals surface area (Å²) in [5.41, 5.74) is 5.52. The summed E-state index contributed by atoms with van der Waals surface area (Å²) in [7, 11) is 0. The van der Waals surface area contributed by atoms with Gasteiger partial charge in [-0.3, -0.25) is 9.59 Å². The molecule has 46 heavy (non-hydrogen) atoms. The molecule has 2 aliphatic rings. The molecule has 240 valence electrons. The zero-order chi connectivity index (χ0) is 32.8. The molecule has 1 aliphatic heterocycles. The van der Waals surface area contributed by atoms with Gasteiger partial charge in [-0.05, 0) is 88.6 Å². The molecule has 0 spiro atoms. The highest BCUT2D eigenvalue weighted by molar-refractivity contribution is 6.01. The van der Waals surface area contributed by atoms with Gasteiger partial charge >= 0.3 is 0 Å². The van der Waals surface area contributed by atoms with Gasteiger partial charge in [-0.1, -0.05) is 0 Å². The Labute approximate surface area is 265 Å². The Morgan fingerprint density at radius 1 is 1.15 bits per heavy atom. The summed E-state index contributed by atoms with van der Waals surface area (Å²) in [6.07, 6.45) is 1.20. The summed E-state index contributed by atoms with van der Waals surface area (Å²) in [4.78, 5) is 35.4. The molecule has 2 aromatic heterocycles. The normalized spacial score (nSPS) is 19.2. The summed E-state index contributed by atoms with van der Waals surface area (Å²) in [6.45, 7) is 4.92. The molecule has 11 heteroatoms. The molecule has 0 radical (unpaired) electrons. The molecule has 4 N–H and O–H groups in total. The summed E-state index contributed by atoms with van der Waals surface area (Å²) in [5, 5.41) is 22.0. The van der Waals surface area contributed by atoms with E-state index in [1.54, 1.807) is 63.2 Å². The molecule has 3 atom stereocenters. The minimum absolute atomic E-state index is 0.00607. The Hall–Kier alpha value is -4.61. The van der Waals surface area contributed by atoms with E-state index in [2.05, 4.69) is 4.98 Å². The van der Waals surface area contributed by atoms with Crippen molar-refractivity contribution in [2.45, 2.75) is 69.7 Å². The standard InChI is InChI=1S/C35H36FN3O7/c1-19(40)17-44-29-11-6-21-14-22(15-27(30(21)39-29)46-24-9-10-24)26(41)12-13-35(3,43)28-16-25-32(45-18-34(25,2)33(37)42)31(38-28)20-4-7-23(36)8-5-20/h4-8,11,14-16,19,24,40,43H,9-10,12-13,17-18H2,1-3H3,(H2,37,42)/t19-,34+,35+/m1/s1. The summed E-state index contributed by atoms with van der Waals surface area (Å²) >= 11 is 0. The van der Waals surface area contributed by atoms with Crippen molar-refractivity contribution in [3.63, 3.8) is 0 Å². The molecule has 3 heterocycles. The van der Waals surface area contributed by atoms with Crippen LogP contribution in [0.4, 0.5) is 4.39 Å². The van der Waals surface area contributed by atoms with E-state index >= 15 is 0 Å². The number of benzene rings is 2. The van der Waals surface area contributed by atoms with Gasteiger partial charge in [-0.25, -0.2) is 14.4 Å². The molecule has 2 aromatic carbocycles. The summed E-state index contributed by atoms with van der Waals surface area (Å²) in [6, 6.07) is 14.1. The zero-order valence-corrected chi connectivity index (χ0v) is 25.9. The zero-order valence-electron chi connectivity index (χ0n) is 25.9. The first kappa shape index (κ1) is 31.4. The topological polar surface area (TPSA) is 154 Å². The van der Waals surface area contributed by atoms with Gasteiger partial charge in [0.2, 0.25) is 11.8 Å². The predicted octanol–water partition coefficient (Wildman–Crippen LogP) is 4.74. The number of carbonyl (C=O) groups is 2. The van der Waals surface area contributed by atoms with Crippen molar-refractivity contribution in [2.24, 2.45) is 5.73 Å². The van der Waals surface area contributed by atoms with Crippen LogP contribution in [-0.4, -0.2) is 57.3 Å². The van der Waals surface area contributed by atoms with Crippen molar-refractivity contribution in [3.8, 4) is 28.6 Å². The van der Waals surface area contributed by atoms with Crippen LogP contribution in [-0.2, 0) is 15.8 Å². The van der Waals surface area contributed by atoms with E-state index in [1.165, 1.54) is 12.1 Å². The van der Waals surface area contributed by atoms with E-state index in [-0.39, 0.29) is 43.6 Å². The van der Waals surface area contributed by atoms with Crippen molar-refractivity contribution in [1.82, 2.24) is 9.97 Å². The number of hydrogen-bond acceptors (Lipinski definition) is 9. The van der Waals surface area contributed by atoms with Crippen LogP contribution in [0.2, 0.25) is 0 Å². The Kier molecular flexibility index (Phi) is 8.16. The fourth-order valence-electron chi connectivity index (χ4n) is 5.38. The van der Waals surface area contributed by atoms with E-state index in [4.69, 9.17) is 24.9 Å². The highest BCUT2D eigenvalue weighted by Gasteiger charge is 2.45. The molecule has 1 aliphatic carbocycles. The molecule has 6 rings (SSSR count). The minimum Gasteiger partial charge on any atom is -0.489 e.